The first-order chi connectivity index (χ1) is 14.6. The third-order valence-electron chi connectivity index (χ3n) is 4.52. The molecule has 0 saturated carbocycles. The number of benzene rings is 2. The highest BCUT2D eigenvalue weighted by Crippen LogP contribution is 2.40. The number of para-hydroxylation sites is 2. The molecular weight excluding hydrogens is 424 g/mol. The van der Waals surface area contributed by atoms with Gasteiger partial charge in [-0.2, -0.15) is 8.46 Å². The van der Waals surface area contributed by atoms with Crippen LogP contribution in [0.5, 0.6) is 0 Å². The van der Waals surface area contributed by atoms with E-state index >= 15 is 0 Å². The number of hydrogen-bond acceptors (Lipinski definition) is 3. The Balaban J connectivity index is 2.12. The van der Waals surface area contributed by atoms with Crippen LogP contribution >= 0.6 is 35.0 Å². The van der Waals surface area contributed by atoms with E-state index < -0.39 is 0 Å². The van der Waals surface area contributed by atoms with Crippen molar-refractivity contribution in [1.82, 2.24) is 3.89 Å². The standard InChI is InChI=1S/C25H22N2S3/c1-5-17-27(29-20-7-3,22-13-9-11-15-24(22)28-19-6-2)18-16-25-26(4)21-12-8-10-14-23(21)30-25/h1-3,8-16,18H,17,19-20H2,4H3/q+2. The first-order valence-electron chi connectivity index (χ1n) is 9.27. The minimum Gasteiger partial charge on any atom is -0.191 e. The molecule has 1 heterocycles. The molecule has 1 aromatic heterocycles. The number of nitrogens with zero attached hydrogens (tertiary/aromatic N) is 2. The number of thiazole rings is 1. The fourth-order valence-electron chi connectivity index (χ4n) is 3.13. The van der Waals surface area contributed by atoms with E-state index in [-0.39, 0.29) is 0 Å². The van der Waals surface area contributed by atoms with Gasteiger partial charge >= 0.3 is 0 Å². The lowest BCUT2D eigenvalue weighted by atomic mass is 10.3. The summed E-state index contributed by atoms with van der Waals surface area (Å²) in [4.78, 5) is 1.11. The van der Waals surface area contributed by atoms with Crippen LogP contribution in [0.4, 0.5) is 5.69 Å². The van der Waals surface area contributed by atoms with Crippen LogP contribution in [-0.4, -0.2) is 18.1 Å². The lowest BCUT2D eigenvalue weighted by Crippen LogP contribution is -2.38. The molecule has 0 amide bonds. The Bertz CT molecular complexity index is 1190. The van der Waals surface area contributed by atoms with Crippen LogP contribution in [0.1, 0.15) is 5.01 Å². The maximum atomic E-state index is 5.83. The summed E-state index contributed by atoms with van der Waals surface area (Å²) < 4.78 is 3.85. The zero-order chi connectivity index (χ0) is 21.4. The van der Waals surface area contributed by atoms with Gasteiger partial charge in [0.15, 0.2) is 12.2 Å². The Kier molecular flexibility index (Phi) is 7.69. The van der Waals surface area contributed by atoms with E-state index in [0.717, 1.165) is 15.6 Å². The van der Waals surface area contributed by atoms with E-state index in [4.69, 9.17) is 19.3 Å². The highest BCUT2D eigenvalue weighted by molar-refractivity contribution is 8.00. The molecule has 2 nitrogen and oxygen atoms in total. The topological polar surface area (TPSA) is 3.88 Å². The third kappa shape index (κ3) is 4.76. The maximum absolute atomic E-state index is 5.83. The molecule has 0 spiro atoms. The smallest absolute Gasteiger partial charge is 0.191 e. The quantitative estimate of drug-likeness (QED) is 0.151. The van der Waals surface area contributed by atoms with E-state index in [0.29, 0.717) is 21.9 Å². The van der Waals surface area contributed by atoms with Crippen molar-refractivity contribution in [2.24, 2.45) is 7.05 Å². The number of terminal acetylenes is 3. The fraction of sp³-hybridized carbons (Fsp3) is 0.160. The van der Waals surface area contributed by atoms with Crippen molar-refractivity contribution in [2.75, 3.05) is 18.1 Å². The molecule has 30 heavy (non-hydrogen) atoms. The van der Waals surface area contributed by atoms with Crippen LogP contribution in [0, 0.1) is 37.0 Å². The molecule has 0 aliphatic heterocycles. The molecule has 0 radical (unpaired) electrons. The fourth-order valence-corrected chi connectivity index (χ4v) is 5.94. The van der Waals surface area contributed by atoms with E-state index in [9.17, 15) is 0 Å². The summed E-state index contributed by atoms with van der Waals surface area (Å²) in [6.45, 7) is 0.477. The van der Waals surface area contributed by atoms with E-state index in [1.807, 2.05) is 12.1 Å². The number of aromatic nitrogens is 1. The van der Waals surface area contributed by atoms with Gasteiger partial charge in [-0.25, -0.2) is 0 Å². The normalized spacial score (nSPS) is 12.9. The van der Waals surface area contributed by atoms with Crippen molar-refractivity contribution >= 4 is 57.0 Å². The number of hydrogen-bond donors (Lipinski definition) is 0. The van der Waals surface area contributed by atoms with Gasteiger partial charge in [-0.05, 0) is 18.1 Å². The van der Waals surface area contributed by atoms with Gasteiger partial charge in [0.2, 0.25) is 5.52 Å². The zero-order valence-corrected chi connectivity index (χ0v) is 19.2. The van der Waals surface area contributed by atoms with Crippen molar-refractivity contribution < 1.29 is 4.57 Å². The van der Waals surface area contributed by atoms with Crippen molar-refractivity contribution in [1.29, 1.82) is 0 Å². The largest absolute Gasteiger partial charge is 0.267 e. The second kappa shape index (κ2) is 10.4. The van der Waals surface area contributed by atoms with E-state index in [1.165, 1.54) is 10.2 Å². The van der Waals surface area contributed by atoms with Gasteiger partial charge in [0, 0.05) is 12.1 Å². The maximum Gasteiger partial charge on any atom is 0.267 e. The number of fused-ring (bicyclic) bond motifs is 1. The van der Waals surface area contributed by atoms with Crippen molar-refractivity contribution in [3.63, 3.8) is 0 Å². The van der Waals surface area contributed by atoms with Crippen LogP contribution in [0.15, 0.2) is 59.6 Å². The van der Waals surface area contributed by atoms with Gasteiger partial charge in [-0.15, -0.1) is 31.0 Å². The Labute approximate surface area is 191 Å². The van der Waals surface area contributed by atoms with Gasteiger partial charge in [0.1, 0.15) is 23.7 Å². The van der Waals surface area contributed by atoms with Crippen molar-refractivity contribution in [2.45, 2.75) is 4.90 Å². The summed E-state index contributed by atoms with van der Waals surface area (Å²) in [7, 11) is 2.08. The second-order valence-corrected chi connectivity index (χ2v) is 9.66. The minimum absolute atomic E-state index is 0.405. The average molecular weight is 447 g/mol. The molecule has 0 saturated heterocycles. The molecule has 1 atom stereocenters. The molecule has 0 bridgehead atoms. The van der Waals surface area contributed by atoms with Crippen LogP contribution in [-0.2, 0) is 7.05 Å². The summed E-state index contributed by atoms with van der Waals surface area (Å²) in [6, 6.07) is 16.6. The number of rotatable bonds is 8. The summed E-state index contributed by atoms with van der Waals surface area (Å²) >= 11 is 5.02. The molecule has 2 aromatic carbocycles. The van der Waals surface area contributed by atoms with Gasteiger partial charge < -0.3 is 0 Å². The Hall–Kier alpha value is -2.59. The highest BCUT2D eigenvalue weighted by atomic mass is 32.2. The number of quaternary nitrogens is 1. The molecule has 148 valence electrons. The Morgan fingerprint density at radius 1 is 1.00 bits per heavy atom. The summed E-state index contributed by atoms with van der Waals surface area (Å²) in [6.07, 6.45) is 21.3. The van der Waals surface area contributed by atoms with Gasteiger partial charge in [0.05, 0.1) is 28.7 Å². The molecule has 5 heteroatoms. The van der Waals surface area contributed by atoms with Crippen LogP contribution in [0.2, 0.25) is 0 Å². The number of aryl methyl sites for hydroxylation is 1. The van der Waals surface area contributed by atoms with E-state index in [2.05, 4.69) is 78.1 Å². The molecule has 0 aliphatic rings. The average Bonchev–Trinajstić information content (AvgIpc) is 3.10. The first kappa shape index (κ1) is 22.1. The zero-order valence-electron chi connectivity index (χ0n) is 16.7. The molecule has 3 rings (SSSR count). The molecule has 0 fully saturated rings. The Morgan fingerprint density at radius 3 is 2.47 bits per heavy atom. The minimum atomic E-state index is 0.405. The second-order valence-electron chi connectivity index (χ2n) is 6.38. The predicted molar refractivity (Wildman–Crippen MR) is 135 cm³/mol. The summed E-state index contributed by atoms with van der Waals surface area (Å²) in [5, 5.41) is 1.14. The van der Waals surface area contributed by atoms with Crippen molar-refractivity contribution in [3.05, 3.63) is 59.7 Å². The van der Waals surface area contributed by atoms with Crippen LogP contribution < -0.4 is 8.46 Å². The molecule has 0 N–H and O–H groups in total. The van der Waals surface area contributed by atoms with Gasteiger partial charge in [-0.3, -0.25) is 0 Å². The van der Waals surface area contributed by atoms with Crippen molar-refractivity contribution in [3.8, 4) is 37.0 Å². The van der Waals surface area contributed by atoms with Crippen LogP contribution in [0.3, 0.4) is 0 Å². The lowest BCUT2D eigenvalue weighted by molar-refractivity contribution is -0.642. The molecular formula is C25H22N2S3+2. The predicted octanol–water partition coefficient (Wildman–Crippen LogP) is 5.34. The number of thioether (sulfide) groups is 1. The van der Waals surface area contributed by atoms with Gasteiger partial charge in [-0.1, -0.05) is 47.4 Å². The van der Waals surface area contributed by atoms with Crippen LogP contribution in [0.25, 0.3) is 16.3 Å². The summed E-state index contributed by atoms with van der Waals surface area (Å²) in [5.74, 6) is 9.45. The molecule has 0 aliphatic carbocycles. The van der Waals surface area contributed by atoms with Gasteiger partial charge in [0.25, 0.3) is 5.01 Å². The lowest BCUT2D eigenvalue weighted by Gasteiger charge is -2.30. The first-order valence-corrected chi connectivity index (χ1v) is 12.0. The highest BCUT2D eigenvalue weighted by Gasteiger charge is 2.33. The van der Waals surface area contributed by atoms with E-state index in [1.54, 1.807) is 35.0 Å². The monoisotopic (exact) mass is 446 g/mol. The molecule has 1 unspecified atom stereocenters. The Morgan fingerprint density at radius 2 is 1.73 bits per heavy atom. The third-order valence-corrected chi connectivity index (χ3v) is 7.87. The summed E-state index contributed by atoms with van der Waals surface area (Å²) in [5.41, 5.74) is 2.30. The SMILES string of the molecule is C#CCSc1ccccc1[N+](C=Cc1sc2ccccc2[n+]1C)(CC#C)SCC#C. The molecule has 3 aromatic rings.